The molecule has 0 spiro atoms. The maximum Gasteiger partial charge on any atom is 0.314 e. The van der Waals surface area contributed by atoms with Crippen LogP contribution in [0.4, 0.5) is 5.69 Å². The number of ether oxygens (including phenoxy) is 2. The summed E-state index contributed by atoms with van der Waals surface area (Å²) in [5, 5.41) is 6.67. The van der Waals surface area contributed by atoms with Crippen LogP contribution >= 0.6 is 0 Å². The third-order valence-corrected chi connectivity index (χ3v) is 3.87. The van der Waals surface area contributed by atoms with Crippen LogP contribution in [0.15, 0.2) is 29.4 Å². The molecular weight excluding hydrogens is 362 g/mol. The Morgan fingerprint density at radius 2 is 1.64 bits per heavy atom. The van der Waals surface area contributed by atoms with E-state index in [2.05, 4.69) is 15.8 Å². The van der Waals surface area contributed by atoms with Gasteiger partial charge in [-0.15, -0.1) is 0 Å². The summed E-state index contributed by atoms with van der Waals surface area (Å²) in [5.74, 6) is -0.822. The smallest absolute Gasteiger partial charge is 0.314 e. The number of nitrogens with zero attached hydrogens (tertiary/aromatic N) is 1. The van der Waals surface area contributed by atoms with Crippen LogP contribution in [-0.2, 0) is 19.1 Å². The second kappa shape index (κ2) is 12.5. The van der Waals surface area contributed by atoms with Gasteiger partial charge in [-0.2, -0.15) is 5.10 Å². The summed E-state index contributed by atoms with van der Waals surface area (Å²) in [6.07, 6.45) is 0.521. The second-order valence-corrected chi connectivity index (χ2v) is 6.01. The second-order valence-electron chi connectivity index (χ2n) is 6.01. The van der Waals surface area contributed by atoms with E-state index in [-0.39, 0.29) is 24.7 Å². The van der Waals surface area contributed by atoms with Crippen molar-refractivity contribution in [3.05, 3.63) is 24.3 Å². The summed E-state index contributed by atoms with van der Waals surface area (Å²) in [4.78, 5) is 35.7. The zero-order chi connectivity index (χ0) is 20.9. The number of hydrogen-bond acceptors (Lipinski definition) is 6. The average Bonchev–Trinajstić information content (AvgIpc) is 2.67. The van der Waals surface area contributed by atoms with Crippen molar-refractivity contribution in [2.24, 2.45) is 11.0 Å². The number of nitrogens with one attached hydrogen (secondary N) is 2. The van der Waals surface area contributed by atoms with Gasteiger partial charge >= 0.3 is 5.97 Å². The highest BCUT2D eigenvalue weighted by Crippen LogP contribution is 2.16. The summed E-state index contributed by atoms with van der Waals surface area (Å²) in [6, 6.07) is 6.99. The van der Waals surface area contributed by atoms with Crippen molar-refractivity contribution in [2.75, 3.05) is 18.5 Å². The van der Waals surface area contributed by atoms with Crippen LogP contribution in [0.3, 0.4) is 0 Å². The molecular formula is C20H29N3O5. The highest BCUT2D eigenvalue weighted by molar-refractivity contribution is 6.01. The molecule has 0 saturated carbocycles. The standard InChI is InChI=1S/C20H29N3O5/c1-5-17(20(26)28-7-3)14(4)22-23-19(25)13-12-18(24)21-15-8-10-16(11-9-15)27-6-2/h8-11,17H,5-7,12-13H2,1-4H3,(H,21,24)(H,23,25)/t17-/m1/s1. The van der Waals surface area contributed by atoms with Crippen LogP contribution in [0.25, 0.3) is 0 Å². The van der Waals surface area contributed by atoms with E-state index >= 15 is 0 Å². The molecule has 0 aliphatic rings. The molecule has 1 rings (SSSR count). The highest BCUT2D eigenvalue weighted by atomic mass is 16.5. The van der Waals surface area contributed by atoms with Crippen molar-refractivity contribution in [3.8, 4) is 5.75 Å². The summed E-state index contributed by atoms with van der Waals surface area (Å²) in [5.41, 5.74) is 3.47. The van der Waals surface area contributed by atoms with Gasteiger partial charge in [0.05, 0.1) is 19.1 Å². The maximum absolute atomic E-state index is 12.0. The normalized spacial score (nSPS) is 12.1. The van der Waals surface area contributed by atoms with Crippen LogP contribution in [0.1, 0.15) is 47.0 Å². The molecule has 1 atom stereocenters. The number of carbonyl (C=O) groups excluding carboxylic acids is 3. The molecule has 1 aromatic rings. The van der Waals surface area contributed by atoms with Gasteiger partial charge in [-0.3, -0.25) is 14.4 Å². The van der Waals surface area contributed by atoms with Gasteiger partial charge in [0, 0.05) is 24.2 Å². The molecule has 8 nitrogen and oxygen atoms in total. The number of hydrazone groups is 1. The lowest BCUT2D eigenvalue weighted by molar-refractivity contribution is -0.145. The van der Waals surface area contributed by atoms with E-state index in [4.69, 9.17) is 9.47 Å². The van der Waals surface area contributed by atoms with Gasteiger partial charge in [0.2, 0.25) is 11.8 Å². The van der Waals surface area contributed by atoms with Crippen LogP contribution < -0.4 is 15.5 Å². The van der Waals surface area contributed by atoms with E-state index in [9.17, 15) is 14.4 Å². The maximum atomic E-state index is 12.0. The fourth-order valence-electron chi connectivity index (χ4n) is 2.41. The largest absolute Gasteiger partial charge is 0.494 e. The molecule has 0 aromatic heterocycles. The number of hydrogen-bond donors (Lipinski definition) is 2. The Balaban J connectivity index is 2.44. The zero-order valence-corrected chi connectivity index (χ0v) is 16.9. The zero-order valence-electron chi connectivity index (χ0n) is 16.9. The Labute approximate surface area is 165 Å². The molecule has 0 saturated heterocycles. The topological polar surface area (TPSA) is 106 Å². The molecule has 154 valence electrons. The van der Waals surface area contributed by atoms with E-state index in [1.165, 1.54) is 0 Å². The SMILES string of the molecule is CCOC(=O)[C@H](CC)C(C)=NNC(=O)CCC(=O)Nc1ccc(OCC)cc1. The quantitative estimate of drug-likeness (QED) is 0.343. The number of amides is 2. The molecule has 0 aliphatic heterocycles. The van der Waals surface area contributed by atoms with Gasteiger partial charge in [-0.1, -0.05) is 6.92 Å². The average molecular weight is 391 g/mol. The van der Waals surface area contributed by atoms with E-state index in [1.54, 1.807) is 38.1 Å². The fourth-order valence-corrected chi connectivity index (χ4v) is 2.41. The van der Waals surface area contributed by atoms with Crippen molar-refractivity contribution < 1.29 is 23.9 Å². The first-order valence-corrected chi connectivity index (χ1v) is 9.43. The van der Waals surface area contributed by atoms with Crippen LogP contribution in [-0.4, -0.2) is 36.7 Å². The van der Waals surface area contributed by atoms with Gasteiger partial charge in [0.15, 0.2) is 0 Å². The molecule has 0 radical (unpaired) electrons. The molecule has 0 heterocycles. The Kier molecular flexibility index (Phi) is 10.3. The van der Waals surface area contributed by atoms with Crippen molar-refractivity contribution >= 4 is 29.2 Å². The van der Waals surface area contributed by atoms with Crippen molar-refractivity contribution in [3.63, 3.8) is 0 Å². The first-order chi connectivity index (χ1) is 13.4. The first-order valence-electron chi connectivity index (χ1n) is 9.43. The van der Waals surface area contributed by atoms with Gasteiger partial charge in [0.25, 0.3) is 0 Å². The number of carbonyl (C=O) groups is 3. The summed E-state index contributed by atoms with van der Waals surface area (Å²) < 4.78 is 10.3. The van der Waals surface area contributed by atoms with Crippen molar-refractivity contribution in [1.29, 1.82) is 0 Å². The molecule has 0 fully saturated rings. The lowest BCUT2D eigenvalue weighted by Crippen LogP contribution is -2.27. The number of benzene rings is 1. The number of anilines is 1. The first kappa shape index (κ1) is 23.1. The Hall–Kier alpha value is -2.90. The molecule has 0 unspecified atom stereocenters. The number of esters is 1. The highest BCUT2D eigenvalue weighted by Gasteiger charge is 2.21. The number of rotatable bonds is 11. The molecule has 1 aromatic carbocycles. The van der Waals surface area contributed by atoms with E-state index < -0.39 is 11.8 Å². The lowest BCUT2D eigenvalue weighted by Gasteiger charge is -2.13. The van der Waals surface area contributed by atoms with Crippen molar-refractivity contribution in [1.82, 2.24) is 5.43 Å². The summed E-state index contributed by atoms with van der Waals surface area (Å²) >= 11 is 0. The minimum absolute atomic E-state index is 0.0166. The van der Waals surface area contributed by atoms with Crippen molar-refractivity contribution in [2.45, 2.75) is 47.0 Å². The molecule has 28 heavy (non-hydrogen) atoms. The molecule has 8 heteroatoms. The fraction of sp³-hybridized carbons (Fsp3) is 0.500. The lowest BCUT2D eigenvalue weighted by atomic mass is 10.0. The van der Waals surface area contributed by atoms with Gasteiger partial charge in [-0.05, 0) is 51.5 Å². The predicted octanol–water partition coefficient (Wildman–Crippen LogP) is 2.89. The van der Waals surface area contributed by atoms with E-state index in [0.29, 0.717) is 31.0 Å². The third kappa shape index (κ3) is 8.20. The Morgan fingerprint density at radius 3 is 2.21 bits per heavy atom. The molecule has 2 amide bonds. The minimum Gasteiger partial charge on any atom is -0.494 e. The monoisotopic (exact) mass is 391 g/mol. The Morgan fingerprint density at radius 1 is 1.00 bits per heavy atom. The Bertz CT molecular complexity index is 686. The molecule has 2 N–H and O–H groups in total. The minimum atomic E-state index is -0.497. The summed E-state index contributed by atoms with van der Waals surface area (Å²) in [7, 11) is 0. The van der Waals surface area contributed by atoms with E-state index in [0.717, 1.165) is 5.75 Å². The van der Waals surface area contributed by atoms with Crippen LogP contribution in [0.5, 0.6) is 5.75 Å². The molecule has 0 aliphatic carbocycles. The van der Waals surface area contributed by atoms with Gasteiger partial charge in [0.1, 0.15) is 5.75 Å². The molecule has 0 bridgehead atoms. The van der Waals surface area contributed by atoms with Gasteiger partial charge < -0.3 is 14.8 Å². The van der Waals surface area contributed by atoms with Crippen LogP contribution in [0.2, 0.25) is 0 Å². The van der Waals surface area contributed by atoms with E-state index in [1.807, 2.05) is 13.8 Å². The predicted molar refractivity (Wildman–Crippen MR) is 107 cm³/mol. The summed E-state index contributed by atoms with van der Waals surface area (Å²) in [6.45, 7) is 7.99. The van der Waals surface area contributed by atoms with Crippen LogP contribution in [0, 0.1) is 5.92 Å². The third-order valence-electron chi connectivity index (χ3n) is 3.87. The van der Waals surface area contributed by atoms with Gasteiger partial charge in [-0.25, -0.2) is 5.43 Å².